The third kappa shape index (κ3) is 2.04. The predicted octanol–water partition coefficient (Wildman–Crippen LogP) is 1.31. The summed E-state index contributed by atoms with van der Waals surface area (Å²) in [4.78, 5) is 0. The first-order valence-corrected chi connectivity index (χ1v) is 5.08. The van der Waals surface area contributed by atoms with Gasteiger partial charge in [0.1, 0.15) is 14.1 Å². The van der Waals surface area contributed by atoms with Crippen LogP contribution in [0, 0.1) is 6.92 Å². The highest BCUT2D eigenvalue weighted by molar-refractivity contribution is 5.64. The lowest BCUT2D eigenvalue weighted by atomic mass is 10.0. The van der Waals surface area contributed by atoms with Gasteiger partial charge in [-0.25, -0.2) is 9.13 Å². The van der Waals surface area contributed by atoms with Crippen molar-refractivity contribution in [1.82, 2.24) is 0 Å². The summed E-state index contributed by atoms with van der Waals surface area (Å²) in [7, 11) is 4.07. The molecule has 2 aromatic heterocycles. The molecule has 0 aliphatic heterocycles. The topological polar surface area (TPSA) is 7.76 Å². The third-order valence-electron chi connectivity index (χ3n) is 2.59. The second-order valence-corrected chi connectivity index (χ2v) is 3.96. The molecule has 0 bridgehead atoms. The Hall–Kier alpha value is -1.70. The van der Waals surface area contributed by atoms with E-state index in [9.17, 15) is 0 Å². The minimum Gasteiger partial charge on any atom is -0.208 e. The van der Waals surface area contributed by atoms with Gasteiger partial charge in [0.15, 0.2) is 24.8 Å². The highest BCUT2D eigenvalue weighted by Gasteiger charge is 2.06. The molecule has 0 aliphatic rings. The molecule has 0 saturated heterocycles. The lowest BCUT2D eigenvalue weighted by Gasteiger charge is -2.02. The van der Waals surface area contributed by atoms with E-state index >= 15 is 0 Å². The normalized spacial score (nSPS) is 10.3. The van der Waals surface area contributed by atoms with E-state index in [2.05, 4.69) is 54.5 Å². The SMILES string of the molecule is Cc1c[n+](C)ccc1-c1cc[n+](C)cc1. The highest BCUT2D eigenvalue weighted by Crippen LogP contribution is 2.19. The van der Waals surface area contributed by atoms with Crippen LogP contribution >= 0.6 is 0 Å². The molecule has 0 saturated carbocycles. The number of aromatic nitrogens is 2. The Morgan fingerprint density at radius 2 is 1.47 bits per heavy atom. The van der Waals surface area contributed by atoms with Crippen LogP contribution in [0.5, 0.6) is 0 Å². The van der Waals surface area contributed by atoms with Gasteiger partial charge < -0.3 is 0 Å². The van der Waals surface area contributed by atoms with E-state index in [4.69, 9.17) is 0 Å². The van der Waals surface area contributed by atoms with Gasteiger partial charge in [-0.05, 0) is 18.1 Å². The molecule has 0 spiro atoms. The van der Waals surface area contributed by atoms with Crippen LogP contribution in [0.4, 0.5) is 0 Å². The Labute approximate surface area is 90.4 Å². The van der Waals surface area contributed by atoms with Crippen molar-refractivity contribution in [2.45, 2.75) is 6.92 Å². The molecule has 2 rings (SSSR count). The molecular formula is C13H16N2+2. The van der Waals surface area contributed by atoms with Crippen molar-refractivity contribution in [3.63, 3.8) is 0 Å². The Morgan fingerprint density at radius 1 is 0.867 bits per heavy atom. The fourth-order valence-corrected chi connectivity index (χ4v) is 1.75. The van der Waals surface area contributed by atoms with Crippen molar-refractivity contribution >= 4 is 0 Å². The molecular weight excluding hydrogens is 184 g/mol. The van der Waals surface area contributed by atoms with E-state index in [0.717, 1.165) is 0 Å². The predicted molar refractivity (Wildman–Crippen MR) is 59.0 cm³/mol. The van der Waals surface area contributed by atoms with Gasteiger partial charge in [-0.1, -0.05) is 0 Å². The molecule has 0 atom stereocenters. The van der Waals surface area contributed by atoms with Gasteiger partial charge in [0, 0.05) is 23.8 Å². The van der Waals surface area contributed by atoms with Crippen LogP contribution in [-0.4, -0.2) is 0 Å². The van der Waals surface area contributed by atoms with Crippen molar-refractivity contribution in [3.05, 3.63) is 48.5 Å². The van der Waals surface area contributed by atoms with Crippen LogP contribution in [-0.2, 0) is 14.1 Å². The van der Waals surface area contributed by atoms with Crippen molar-refractivity contribution in [1.29, 1.82) is 0 Å². The fourth-order valence-electron chi connectivity index (χ4n) is 1.75. The molecule has 0 N–H and O–H groups in total. The maximum absolute atomic E-state index is 2.16. The summed E-state index contributed by atoms with van der Waals surface area (Å²) in [6.45, 7) is 2.14. The van der Waals surface area contributed by atoms with Gasteiger partial charge in [0.25, 0.3) is 0 Å². The van der Waals surface area contributed by atoms with Gasteiger partial charge in [0.2, 0.25) is 0 Å². The number of hydrogen-bond acceptors (Lipinski definition) is 0. The largest absolute Gasteiger partial charge is 0.208 e. The van der Waals surface area contributed by atoms with Gasteiger partial charge >= 0.3 is 0 Å². The average molecular weight is 200 g/mol. The second-order valence-electron chi connectivity index (χ2n) is 3.96. The molecule has 2 nitrogen and oxygen atoms in total. The van der Waals surface area contributed by atoms with Crippen LogP contribution in [0.2, 0.25) is 0 Å². The quantitative estimate of drug-likeness (QED) is 0.613. The van der Waals surface area contributed by atoms with Gasteiger partial charge in [-0.15, -0.1) is 0 Å². The molecule has 0 aliphatic carbocycles. The minimum absolute atomic E-state index is 1.27. The molecule has 15 heavy (non-hydrogen) atoms. The summed E-state index contributed by atoms with van der Waals surface area (Å²) >= 11 is 0. The summed E-state index contributed by atoms with van der Waals surface area (Å²) in [5, 5.41) is 0. The van der Waals surface area contributed by atoms with Crippen molar-refractivity contribution in [3.8, 4) is 11.1 Å². The van der Waals surface area contributed by atoms with Crippen molar-refractivity contribution in [2.75, 3.05) is 0 Å². The molecule has 0 amide bonds. The maximum Gasteiger partial charge on any atom is 0.172 e. The third-order valence-corrected chi connectivity index (χ3v) is 2.59. The smallest absolute Gasteiger partial charge is 0.172 e. The van der Waals surface area contributed by atoms with E-state index in [1.54, 1.807) is 0 Å². The molecule has 76 valence electrons. The lowest BCUT2D eigenvalue weighted by Crippen LogP contribution is -2.27. The standard InChI is InChI=1S/C13H16N2/c1-11-10-15(3)9-6-13(11)12-4-7-14(2)8-5-12/h4-10H,1-3H3/q+2. The summed E-state index contributed by atoms with van der Waals surface area (Å²) < 4.78 is 4.11. The summed E-state index contributed by atoms with van der Waals surface area (Å²) in [5.41, 5.74) is 3.87. The van der Waals surface area contributed by atoms with Crippen LogP contribution in [0.25, 0.3) is 11.1 Å². The number of hydrogen-bond donors (Lipinski definition) is 0. The monoisotopic (exact) mass is 200 g/mol. The molecule has 2 heteroatoms. The van der Waals surface area contributed by atoms with Crippen molar-refractivity contribution < 1.29 is 9.13 Å². The average Bonchev–Trinajstić information content (AvgIpc) is 2.20. The van der Waals surface area contributed by atoms with E-state index < -0.39 is 0 Å². The van der Waals surface area contributed by atoms with E-state index in [1.165, 1.54) is 16.7 Å². The number of aryl methyl sites for hydroxylation is 3. The van der Waals surface area contributed by atoms with Gasteiger partial charge in [-0.2, -0.15) is 0 Å². The molecule has 2 aromatic rings. The maximum atomic E-state index is 2.16. The zero-order valence-corrected chi connectivity index (χ0v) is 9.44. The van der Waals surface area contributed by atoms with E-state index in [0.29, 0.717) is 0 Å². The molecule has 0 radical (unpaired) electrons. The second kappa shape index (κ2) is 3.81. The lowest BCUT2D eigenvalue weighted by molar-refractivity contribution is -0.672. The summed E-state index contributed by atoms with van der Waals surface area (Å²) in [5.74, 6) is 0. The minimum atomic E-state index is 1.27. The zero-order chi connectivity index (χ0) is 10.8. The Balaban J connectivity index is 2.49. The van der Waals surface area contributed by atoms with Gasteiger partial charge in [0.05, 0.1) is 0 Å². The number of nitrogens with zero attached hydrogens (tertiary/aromatic N) is 2. The molecule has 2 heterocycles. The molecule has 0 unspecified atom stereocenters. The molecule has 0 aromatic carbocycles. The van der Waals surface area contributed by atoms with Crippen LogP contribution in [0.1, 0.15) is 5.56 Å². The number of pyridine rings is 2. The van der Waals surface area contributed by atoms with Crippen LogP contribution in [0.3, 0.4) is 0 Å². The zero-order valence-electron chi connectivity index (χ0n) is 9.44. The Bertz CT molecular complexity index is 472. The van der Waals surface area contributed by atoms with E-state index in [1.807, 2.05) is 18.7 Å². The van der Waals surface area contributed by atoms with Crippen molar-refractivity contribution in [2.24, 2.45) is 14.1 Å². The molecule has 0 fully saturated rings. The first kappa shape index (κ1) is 9.84. The fraction of sp³-hybridized carbons (Fsp3) is 0.231. The summed E-state index contributed by atoms with van der Waals surface area (Å²) in [6, 6.07) is 6.44. The first-order valence-electron chi connectivity index (χ1n) is 5.08. The van der Waals surface area contributed by atoms with Gasteiger partial charge in [-0.3, -0.25) is 0 Å². The number of rotatable bonds is 1. The first-order chi connectivity index (χ1) is 7.16. The van der Waals surface area contributed by atoms with E-state index in [-0.39, 0.29) is 0 Å². The van der Waals surface area contributed by atoms with Crippen LogP contribution < -0.4 is 9.13 Å². The van der Waals surface area contributed by atoms with Crippen LogP contribution in [0.15, 0.2) is 43.0 Å². The Morgan fingerprint density at radius 3 is 2.07 bits per heavy atom. The highest BCUT2D eigenvalue weighted by atomic mass is 14.9. The Kier molecular flexibility index (Phi) is 2.50. The summed E-state index contributed by atoms with van der Waals surface area (Å²) in [6.07, 6.45) is 8.36.